The summed E-state index contributed by atoms with van der Waals surface area (Å²) in [6.07, 6.45) is 0.367. The predicted molar refractivity (Wildman–Crippen MR) is 80.4 cm³/mol. The third-order valence-electron chi connectivity index (χ3n) is 3.05. The van der Waals surface area contributed by atoms with Gasteiger partial charge in [-0.3, -0.25) is 9.59 Å². The fourth-order valence-corrected chi connectivity index (χ4v) is 1.87. The molecule has 0 aromatic heterocycles. The minimum Gasteiger partial charge on any atom is -0.343 e. The summed E-state index contributed by atoms with van der Waals surface area (Å²) in [6.45, 7) is 5.83. The van der Waals surface area contributed by atoms with E-state index in [9.17, 15) is 14.0 Å². The summed E-state index contributed by atoms with van der Waals surface area (Å²) in [5.41, 5.74) is 0.544. The van der Waals surface area contributed by atoms with Crippen LogP contribution in [0.3, 0.4) is 0 Å². The van der Waals surface area contributed by atoms with Crippen molar-refractivity contribution in [3.63, 3.8) is 0 Å². The van der Waals surface area contributed by atoms with Crippen LogP contribution in [0.4, 0.5) is 10.1 Å². The van der Waals surface area contributed by atoms with Crippen LogP contribution in [0.25, 0.3) is 0 Å². The number of amides is 2. The highest BCUT2D eigenvalue weighted by atomic mass is 19.1. The summed E-state index contributed by atoms with van der Waals surface area (Å²) in [5.74, 6) is -0.496. The number of carbonyl (C=O) groups is 2. The topological polar surface area (TPSA) is 61.4 Å². The summed E-state index contributed by atoms with van der Waals surface area (Å²) >= 11 is 0. The molecule has 6 heteroatoms. The first kappa shape index (κ1) is 17.1. The molecule has 0 aliphatic rings. The molecule has 0 spiro atoms. The minimum absolute atomic E-state index is 0.0754. The third-order valence-corrected chi connectivity index (χ3v) is 3.05. The van der Waals surface area contributed by atoms with Crippen LogP contribution in [-0.2, 0) is 9.59 Å². The van der Waals surface area contributed by atoms with Crippen molar-refractivity contribution in [1.29, 1.82) is 0 Å². The quantitative estimate of drug-likeness (QED) is 0.716. The number of rotatable bonds is 8. The van der Waals surface area contributed by atoms with Gasteiger partial charge in [-0.15, -0.1) is 0 Å². The molecule has 0 aliphatic carbocycles. The van der Waals surface area contributed by atoms with Crippen molar-refractivity contribution in [2.45, 2.75) is 20.3 Å². The van der Waals surface area contributed by atoms with E-state index in [-0.39, 0.29) is 24.2 Å². The van der Waals surface area contributed by atoms with Crippen molar-refractivity contribution in [3.05, 3.63) is 30.1 Å². The Morgan fingerprint density at radius 1 is 1.14 bits per heavy atom. The number of carbonyl (C=O) groups excluding carboxylic acids is 2. The highest BCUT2D eigenvalue weighted by molar-refractivity contribution is 5.92. The van der Waals surface area contributed by atoms with Crippen molar-refractivity contribution >= 4 is 17.5 Å². The first-order chi connectivity index (χ1) is 10.1. The lowest BCUT2D eigenvalue weighted by atomic mass is 10.3. The molecule has 0 bridgehead atoms. The van der Waals surface area contributed by atoms with E-state index in [0.29, 0.717) is 31.7 Å². The lowest BCUT2D eigenvalue weighted by Gasteiger charge is -2.18. The van der Waals surface area contributed by atoms with Crippen LogP contribution in [-0.4, -0.2) is 42.9 Å². The van der Waals surface area contributed by atoms with Crippen molar-refractivity contribution < 1.29 is 14.0 Å². The van der Waals surface area contributed by atoms with Crippen molar-refractivity contribution in [2.24, 2.45) is 0 Å². The molecule has 116 valence electrons. The molecule has 0 atom stereocenters. The first-order valence-corrected chi connectivity index (χ1v) is 7.10. The van der Waals surface area contributed by atoms with Gasteiger partial charge in [-0.25, -0.2) is 4.39 Å². The molecule has 0 fully saturated rings. The lowest BCUT2D eigenvalue weighted by molar-refractivity contribution is -0.130. The van der Waals surface area contributed by atoms with Gasteiger partial charge in [0.1, 0.15) is 5.82 Å². The van der Waals surface area contributed by atoms with Crippen molar-refractivity contribution in [3.8, 4) is 0 Å². The van der Waals surface area contributed by atoms with Gasteiger partial charge in [0.15, 0.2) is 0 Å². The number of nitrogens with zero attached hydrogens (tertiary/aromatic N) is 1. The van der Waals surface area contributed by atoms with E-state index in [2.05, 4.69) is 10.6 Å². The van der Waals surface area contributed by atoms with E-state index in [4.69, 9.17) is 0 Å². The second kappa shape index (κ2) is 9.07. The Balaban J connectivity index is 2.22. The molecular formula is C15H22FN3O2. The highest BCUT2D eigenvalue weighted by Gasteiger charge is 2.09. The van der Waals surface area contributed by atoms with Gasteiger partial charge in [0.05, 0.1) is 6.54 Å². The van der Waals surface area contributed by atoms with Crippen molar-refractivity contribution in [2.75, 3.05) is 31.5 Å². The largest absolute Gasteiger partial charge is 0.343 e. The number of hydrogen-bond donors (Lipinski definition) is 2. The number of anilines is 1. The van der Waals surface area contributed by atoms with E-state index in [1.54, 1.807) is 4.90 Å². The summed E-state index contributed by atoms with van der Waals surface area (Å²) in [6, 6.07) is 5.56. The Kier molecular flexibility index (Phi) is 7.39. The van der Waals surface area contributed by atoms with Gasteiger partial charge in [0.2, 0.25) is 11.8 Å². The van der Waals surface area contributed by atoms with Crippen LogP contribution in [0, 0.1) is 5.82 Å². The summed E-state index contributed by atoms with van der Waals surface area (Å²) in [5, 5.41) is 5.56. The maximum atomic E-state index is 12.7. The smallest absolute Gasteiger partial charge is 0.238 e. The zero-order valence-electron chi connectivity index (χ0n) is 12.5. The standard InChI is InChI=1S/C15H22FN3O2/c1-3-19(4-2)15(21)9-10-17-11-14(20)18-13-7-5-12(16)6-8-13/h5-8,17H,3-4,9-11H2,1-2H3,(H,18,20). The molecule has 0 heterocycles. The summed E-state index contributed by atoms with van der Waals surface area (Å²) in [4.78, 5) is 25.1. The zero-order valence-corrected chi connectivity index (χ0v) is 12.5. The Morgan fingerprint density at radius 3 is 2.33 bits per heavy atom. The first-order valence-electron chi connectivity index (χ1n) is 7.10. The van der Waals surface area contributed by atoms with Crippen LogP contribution >= 0.6 is 0 Å². The molecule has 0 saturated heterocycles. The van der Waals surface area contributed by atoms with Crippen LogP contribution in [0.5, 0.6) is 0 Å². The average molecular weight is 295 g/mol. The number of halogens is 1. The Morgan fingerprint density at radius 2 is 1.76 bits per heavy atom. The lowest BCUT2D eigenvalue weighted by Crippen LogP contribution is -2.34. The van der Waals surface area contributed by atoms with Gasteiger partial charge in [-0.2, -0.15) is 0 Å². The molecule has 5 nitrogen and oxygen atoms in total. The normalized spacial score (nSPS) is 10.2. The summed E-state index contributed by atoms with van der Waals surface area (Å²) < 4.78 is 12.7. The van der Waals surface area contributed by atoms with E-state index in [1.165, 1.54) is 24.3 Å². The van der Waals surface area contributed by atoms with Gasteiger partial charge in [-0.05, 0) is 38.1 Å². The Hall–Kier alpha value is -1.95. The molecular weight excluding hydrogens is 273 g/mol. The second-order valence-corrected chi connectivity index (χ2v) is 4.55. The van der Waals surface area contributed by atoms with Crippen LogP contribution in [0.2, 0.25) is 0 Å². The van der Waals surface area contributed by atoms with E-state index in [1.807, 2.05) is 13.8 Å². The maximum absolute atomic E-state index is 12.7. The number of benzene rings is 1. The van der Waals surface area contributed by atoms with E-state index in [0.717, 1.165) is 0 Å². The number of nitrogens with one attached hydrogen (secondary N) is 2. The average Bonchev–Trinajstić information content (AvgIpc) is 2.47. The molecule has 2 N–H and O–H groups in total. The SMILES string of the molecule is CCN(CC)C(=O)CCNCC(=O)Nc1ccc(F)cc1. The third kappa shape index (κ3) is 6.35. The molecule has 1 aromatic carbocycles. The summed E-state index contributed by atoms with van der Waals surface area (Å²) in [7, 11) is 0. The molecule has 0 unspecified atom stereocenters. The maximum Gasteiger partial charge on any atom is 0.238 e. The molecule has 0 saturated carbocycles. The van der Waals surface area contributed by atoms with Crippen LogP contribution in [0.1, 0.15) is 20.3 Å². The van der Waals surface area contributed by atoms with Gasteiger partial charge in [-0.1, -0.05) is 0 Å². The fraction of sp³-hybridized carbons (Fsp3) is 0.467. The molecule has 2 amide bonds. The van der Waals surface area contributed by atoms with E-state index < -0.39 is 0 Å². The van der Waals surface area contributed by atoms with Gasteiger partial charge >= 0.3 is 0 Å². The molecule has 1 rings (SSSR count). The molecule has 0 radical (unpaired) electrons. The van der Waals surface area contributed by atoms with Gasteiger partial charge in [0, 0.05) is 31.7 Å². The van der Waals surface area contributed by atoms with Crippen LogP contribution in [0.15, 0.2) is 24.3 Å². The second-order valence-electron chi connectivity index (χ2n) is 4.55. The fourth-order valence-electron chi connectivity index (χ4n) is 1.87. The van der Waals surface area contributed by atoms with Gasteiger partial charge in [0.25, 0.3) is 0 Å². The van der Waals surface area contributed by atoms with Crippen molar-refractivity contribution in [1.82, 2.24) is 10.2 Å². The Labute approximate surface area is 124 Å². The van der Waals surface area contributed by atoms with E-state index >= 15 is 0 Å². The Bertz CT molecular complexity index is 458. The number of hydrogen-bond acceptors (Lipinski definition) is 3. The predicted octanol–water partition coefficient (Wildman–Crippen LogP) is 1.61. The molecule has 0 aliphatic heterocycles. The monoisotopic (exact) mass is 295 g/mol. The highest BCUT2D eigenvalue weighted by Crippen LogP contribution is 2.07. The molecule has 21 heavy (non-hydrogen) atoms. The minimum atomic E-state index is -0.346. The zero-order chi connectivity index (χ0) is 15.7. The van der Waals surface area contributed by atoms with Gasteiger partial charge < -0.3 is 15.5 Å². The molecule has 1 aromatic rings. The van der Waals surface area contributed by atoms with Crippen LogP contribution < -0.4 is 10.6 Å².